The first-order valence-corrected chi connectivity index (χ1v) is 5.90. The molecule has 1 aromatic rings. The number of anilines is 1. The second-order valence-electron chi connectivity index (χ2n) is 4.61. The van der Waals surface area contributed by atoms with Crippen LogP contribution in [0.3, 0.4) is 0 Å². The lowest BCUT2D eigenvalue weighted by Gasteiger charge is -2.18. The van der Waals surface area contributed by atoms with Crippen LogP contribution in [0.1, 0.15) is 13.8 Å². The first kappa shape index (κ1) is 15.3. The van der Waals surface area contributed by atoms with E-state index in [4.69, 9.17) is 20.3 Å². The Bertz CT molecular complexity index is 441. The highest BCUT2D eigenvalue weighted by Crippen LogP contribution is 2.30. The summed E-state index contributed by atoms with van der Waals surface area (Å²) in [6.45, 7) is 3.29. The van der Waals surface area contributed by atoms with Gasteiger partial charge >= 0.3 is 0 Å². The van der Waals surface area contributed by atoms with Crippen molar-refractivity contribution in [2.75, 3.05) is 25.6 Å². The van der Waals surface area contributed by atoms with E-state index >= 15 is 0 Å². The van der Waals surface area contributed by atoms with Crippen molar-refractivity contribution >= 4 is 11.6 Å². The van der Waals surface area contributed by atoms with Gasteiger partial charge in [0.2, 0.25) is 5.91 Å². The Hall–Kier alpha value is -1.79. The van der Waals surface area contributed by atoms with Crippen LogP contribution in [0.4, 0.5) is 5.69 Å². The summed E-state index contributed by atoms with van der Waals surface area (Å²) in [6, 6.07) is 4.98. The van der Waals surface area contributed by atoms with Crippen LogP contribution in [-0.2, 0) is 4.79 Å². The number of hydrogen-bond donors (Lipinski definition) is 3. The molecule has 0 radical (unpaired) electrons. The van der Waals surface area contributed by atoms with Crippen molar-refractivity contribution < 1.29 is 19.4 Å². The van der Waals surface area contributed by atoms with E-state index < -0.39 is 5.54 Å². The van der Waals surface area contributed by atoms with Gasteiger partial charge in [-0.25, -0.2) is 0 Å². The molecule has 0 unspecified atom stereocenters. The van der Waals surface area contributed by atoms with Gasteiger partial charge in [0, 0.05) is 11.8 Å². The van der Waals surface area contributed by atoms with Crippen LogP contribution in [0.2, 0.25) is 0 Å². The van der Waals surface area contributed by atoms with Crippen LogP contribution >= 0.6 is 0 Å². The summed E-state index contributed by atoms with van der Waals surface area (Å²) in [5.74, 6) is 0.674. The van der Waals surface area contributed by atoms with Crippen molar-refractivity contribution in [2.45, 2.75) is 19.4 Å². The van der Waals surface area contributed by atoms with Gasteiger partial charge in [-0.3, -0.25) is 4.79 Å². The molecule has 1 amide bonds. The monoisotopic (exact) mass is 268 g/mol. The normalized spacial score (nSPS) is 11.0. The van der Waals surface area contributed by atoms with Crippen molar-refractivity contribution in [3.8, 4) is 11.5 Å². The zero-order chi connectivity index (χ0) is 14.5. The molecule has 0 heterocycles. The standard InChI is InChI=1S/C13H20N2O4/c1-13(2,14)12(17)15-9-4-5-10(18-3)11(8-9)19-7-6-16/h4-5,8,16H,6-7,14H2,1-3H3,(H,15,17). The van der Waals surface area contributed by atoms with Gasteiger partial charge in [0.15, 0.2) is 11.5 Å². The van der Waals surface area contributed by atoms with Gasteiger partial charge in [0.1, 0.15) is 6.61 Å². The van der Waals surface area contributed by atoms with Crippen molar-refractivity contribution in [3.05, 3.63) is 18.2 Å². The third-order valence-corrected chi connectivity index (χ3v) is 2.36. The van der Waals surface area contributed by atoms with Crippen LogP contribution in [-0.4, -0.2) is 36.9 Å². The van der Waals surface area contributed by atoms with Gasteiger partial charge in [0.25, 0.3) is 0 Å². The van der Waals surface area contributed by atoms with Gasteiger partial charge in [0.05, 0.1) is 19.3 Å². The van der Waals surface area contributed by atoms with E-state index in [-0.39, 0.29) is 19.1 Å². The van der Waals surface area contributed by atoms with Gasteiger partial charge in [-0.05, 0) is 26.0 Å². The highest BCUT2D eigenvalue weighted by molar-refractivity contribution is 5.97. The van der Waals surface area contributed by atoms with Crippen LogP contribution in [0, 0.1) is 0 Å². The van der Waals surface area contributed by atoms with Crippen molar-refractivity contribution in [1.82, 2.24) is 0 Å². The van der Waals surface area contributed by atoms with E-state index in [1.54, 1.807) is 32.0 Å². The largest absolute Gasteiger partial charge is 0.493 e. The summed E-state index contributed by atoms with van der Waals surface area (Å²) in [7, 11) is 1.52. The van der Waals surface area contributed by atoms with Crippen LogP contribution < -0.4 is 20.5 Å². The minimum absolute atomic E-state index is 0.102. The van der Waals surface area contributed by atoms with Crippen molar-refractivity contribution in [2.24, 2.45) is 5.73 Å². The molecular weight excluding hydrogens is 248 g/mol. The molecule has 0 atom stereocenters. The minimum atomic E-state index is -0.966. The Kier molecular flexibility index (Phi) is 5.14. The second kappa shape index (κ2) is 6.40. The molecule has 6 nitrogen and oxygen atoms in total. The molecule has 6 heteroatoms. The molecule has 1 rings (SSSR count). The number of carbonyl (C=O) groups excluding carboxylic acids is 1. The average molecular weight is 268 g/mol. The Morgan fingerprint density at radius 1 is 1.42 bits per heavy atom. The molecular formula is C13H20N2O4. The molecule has 106 valence electrons. The summed E-state index contributed by atoms with van der Waals surface area (Å²) in [5.41, 5.74) is 5.29. The van der Waals surface area contributed by atoms with Crippen LogP contribution in [0.5, 0.6) is 11.5 Å². The number of rotatable bonds is 6. The number of ether oxygens (including phenoxy) is 2. The highest BCUT2D eigenvalue weighted by atomic mass is 16.5. The minimum Gasteiger partial charge on any atom is -0.493 e. The molecule has 0 fully saturated rings. The Labute approximate surface area is 112 Å². The topological polar surface area (TPSA) is 93.8 Å². The summed E-state index contributed by atoms with van der Waals surface area (Å²) < 4.78 is 10.5. The third-order valence-electron chi connectivity index (χ3n) is 2.36. The predicted molar refractivity (Wildman–Crippen MR) is 72.5 cm³/mol. The van der Waals surface area contributed by atoms with E-state index in [1.807, 2.05) is 0 Å². The van der Waals surface area contributed by atoms with Crippen molar-refractivity contribution in [3.63, 3.8) is 0 Å². The maximum Gasteiger partial charge on any atom is 0.243 e. The maximum absolute atomic E-state index is 11.8. The third kappa shape index (κ3) is 4.42. The lowest BCUT2D eigenvalue weighted by Crippen LogP contribution is -2.45. The molecule has 0 aliphatic rings. The first-order valence-electron chi connectivity index (χ1n) is 5.90. The zero-order valence-corrected chi connectivity index (χ0v) is 11.4. The number of nitrogens with two attached hydrogens (primary N) is 1. The summed E-state index contributed by atoms with van der Waals surface area (Å²) >= 11 is 0. The Morgan fingerprint density at radius 2 is 2.11 bits per heavy atom. The second-order valence-corrected chi connectivity index (χ2v) is 4.61. The van der Waals surface area contributed by atoms with Crippen LogP contribution in [0.15, 0.2) is 18.2 Å². The number of carbonyl (C=O) groups is 1. The molecule has 0 aliphatic carbocycles. The molecule has 0 saturated carbocycles. The number of nitrogens with one attached hydrogen (secondary N) is 1. The summed E-state index contributed by atoms with van der Waals surface area (Å²) in [4.78, 5) is 11.8. The number of amides is 1. The van der Waals surface area contributed by atoms with Crippen molar-refractivity contribution in [1.29, 1.82) is 0 Å². The Morgan fingerprint density at radius 3 is 2.63 bits per heavy atom. The quantitative estimate of drug-likeness (QED) is 0.707. The van der Waals surface area contributed by atoms with Gasteiger partial charge in [-0.2, -0.15) is 0 Å². The van der Waals surface area contributed by atoms with E-state index in [2.05, 4.69) is 5.32 Å². The molecule has 0 aliphatic heterocycles. The first-order chi connectivity index (χ1) is 8.88. The average Bonchev–Trinajstić information content (AvgIpc) is 2.35. The maximum atomic E-state index is 11.8. The fourth-order valence-corrected chi connectivity index (χ4v) is 1.32. The molecule has 0 bridgehead atoms. The number of aliphatic hydroxyl groups is 1. The smallest absolute Gasteiger partial charge is 0.243 e. The molecule has 0 spiro atoms. The fourth-order valence-electron chi connectivity index (χ4n) is 1.32. The number of benzene rings is 1. The number of hydrogen-bond acceptors (Lipinski definition) is 5. The SMILES string of the molecule is COc1ccc(NC(=O)C(C)(C)N)cc1OCCO. The molecule has 19 heavy (non-hydrogen) atoms. The van der Waals surface area contributed by atoms with E-state index in [9.17, 15) is 4.79 Å². The number of aliphatic hydroxyl groups excluding tert-OH is 1. The number of methoxy groups -OCH3 is 1. The predicted octanol–water partition coefficient (Wildman–Crippen LogP) is 0.742. The zero-order valence-electron chi connectivity index (χ0n) is 11.4. The van der Waals surface area contributed by atoms with Gasteiger partial charge < -0.3 is 25.6 Å². The summed E-state index contributed by atoms with van der Waals surface area (Å²) in [5, 5.41) is 11.4. The fraction of sp³-hybridized carbons (Fsp3) is 0.462. The van der Waals surface area contributed by atoms with Gasteiger partial charge in [-0.15, -0.1) is 0 Å². The van der Waals surface area contributed by atoms with E-state index in [1.165, 1.54) is 7.11 Å². The highest BCUT2D eigenvalue weighted by Gasteiger charge is 2.22. The van der Waals surface area contributed by atoms with Crippen LogP contribution in [0.25, 0.3) is 0 Å². The van der Waals surface area contributed by atoms with Gasteiger partial charge in [-0.1, -0.05) is 0 Å². The molecule has 0 aromatic heterocycles. The molecule has 4 N–H and O–H groups in total. The van der Waals surface area contributed by atoms with E-state index in [0.29, 0.717) is 17.2 Å². The lowest BCUT2D eigenvalue weighted by atomic mass is 10.1. The molecule has 1 aromatic carbocycles. The summed E-state index contributed by atoms with van der Waals surface area (Å²) in [6.07, 6.45) is 0. The molecule has 0 saturated heterocycles. The van der Waals surface area contributed by atoms with E-state index in [0.717, 1.165) is 0 Å². The lowest BCUT2D eigenvalue weighted by molar-refractivity contribution is -0.120. The Balaban J connectivity index is 2.88.